The summed E-state index contributed by atoms with van der Waals surface area (Å²) >= 11 is 0. The average molecular weight is 426 g/mol. The molecule has 11 nitrogen and oxygen atoms in total. The van der Waals surface area contributed by atoms with Gasteiger partial charge in [-0.05, 0) is 11.6 Å². The van der Waals surface area contributed by atoms with Crippen molar-refractivity contribution in [1.82, 2.24) is 24.1 Å². The molecule has 0 amide bonds. The Morgan fingerprint density at radius 3 is 2.58 bits per heavy atom. The Morgan fingerprint density at radius 2 is 1.90 bits per heavy atom. The second kappa shape index (κ2) is 9.24. The summed E-state index contributed by atoms with van der Waals surface area (Å²) in [5.74, 6) is -1.05. The molecule has 3 aromatic rings. The van der Waals surface area contributed by atoms with Crippen LogP contribution in [-0.2, 0) is 25.4 Å². The Hall–Kier alpha value is -3.96. The molecule has 1 aromatic carbocycles. The zero-order valence-corrected chi connectivity index (χ0v) is 16.9. The van der Waals surface area contributed by atoms with Crippen molar-refractivity contribution in [3.05, 3.63) is 75.0 Å². The third-order valence-corrected chi connectivity index (χ3v) is 4.50. The summed E-state index contributed by atoms with van der Waals surface area (Å²) in [6.45, 7) is 0.240. The quantitative estimate of drug-likeness (QED) is 0.224. The molecule has 31 heavy (non-hydrogen) atoms. The predicted octanol–water partition coefficient (Wildman–Crippen LogP) is 0.0228. The number of hydrogen-bond donors (Lipinski definition) is 4. The lowest BCUT2D eigenvalue weighted by Crippen LogP contribution is -2.37. The van der Waals surface area contributed by atoms with Gasteiger partial charge in [0.15, 0.2) is 11.2 Å². The van der Waals surface area contributed by atoms with Gasteiger partial charge in [0.1, 0.15) is 6.23 Å². The number of imidazole rings is 1. The van der Waals surface area contributed by atoms with Crippen LogP contribution in [0.1, 0.15) is 5.56 Å². The molecule has 0 unspecified atom stereocenters. The summed E-state index contributed by atoms with van der Waals surface area (Å²) in [7, 11) is 2.88. The summed E-state index contributed by atoms with van der Waals surface area (Å²) < 4.78 is 3.79. The molecule has 0 saturated carbocycles. The highest BCUT2D eigenvalue weighted by atomic mass is 16.4. The van der Waals surface area contributed by atoms with E-state index < -0.39 is 23.4 Å². The third-order valence-electron chi connectivity index (χ3n) is 4.50. The minimum Gasteiger partial charge on any atom is -0.478 e. The molecule has 162 valence electrons. The lowest BCUT2D eigenvalue weighted by Gasteiger charge is -2.12. The molecule has 2 aromatic heterocycles. The van der Waals surface area contributed by atoms with Crippen LogP contribution < -0.4 is 22.1 Å². The number of nitrogens with zero attached hydrogens (tertiary/aromatic N) is 4. The van der Waals surface area contributed by atoms with E-state index in [-0.39, 0.29) is 23.7 Å². The van der Waals surface area contributed by atoms with Gasteiger partial charge in [0.05, 0.1) is 0 Å². The topological polar surface area (TPSA) is 143 Å². The average Bonchev–Trinajstić information content (AvgIpc) is 3.12. The Balaban J connectivity index is 2.00. The number of fused-ring (bicyclic) bond motifs is 1. The highest BCUT2D eigenvalue weighted by Gasteiger charge is 2.18. The normalized spacial score (nSPS) is 12.7. The lowest BCUT2D eigenvalue weighted by molar-refractivity contribution is -0.131. The first-order chi connectivity index (χ1) is 14.8. The number of hydrazine groups is 1. The van der Waals surface area contributed by atoms with Crippen molar-refractivity contribution in [3.63, 3.8) is 0 Å². The summed E-state index contributed by atoms with van der Waals surface area (Å²) in [6.07, 6.45) is 4.17. The number of rotatable bonds is 8. The highest BCUT2D eigenvalue weighted by Crippen LogP contribution is 2.15. The van der Waals surface area contributed by atoms with Crippen molar-refractivity contribution >= 4 is 29.2 Å². The van der Waals surface area contributed by atoms with Crippen molar-refractivity contribution in [2.75, 3.05) is 5.43 Å². The van der Waals surface area contributed by atoms with E-state index in [2.05, 4.69) is 15.8 Å². The van der Waals surface area contributed by atoms with Gasteiger partial charge in [-0.3, -0.25) is 23.9 Å². The predicted molar refractivity (Wildman–Crippen MR) is 115 cm³/mol. The molecule has 0 radical (unpaired) electrons. The number of carboxylic acid groups (broad SMARTS) is 1. The van der Waals surface area contributed by atoms with Crippen LogP contribution in [0.2, 0.25) is 0 Å². The maximum Gasteiger partial charge on any atom is 0.332 e. The SMILES string of the molecule is Cn1c(=O)c2c(nc(NN[C@H](O)/C=C\C(=O)O)n2C/C=C\c2ccccc2)n(C)c1=O. The van der Waals surface area contributed by atoms with Crippen LogP contribution in [0.3, 0.4) is 0 Å². The molecule has 0 aliphatic heterocycles. The van der Waals surface area contributed by atoms with Crippen LogP contribution in [-0.4, -0.2) is 41.1 Å². The van der Waals surface area contributed by atoms with E-state index in [4.69, 9.17) is 5.11 Å². The number of aryl methyl sites for hydroxylation is 1. The smallest absolute Gasteiger partial charge is 0.332 e. The monoisotopic (exact) mass is 426 g/mol. The van der Waals surface area contributed by atoms with Gasteiger partial charge in [0.2, 0.25) is 5.95 Å². The highest BCUT2D eigenvalue weighted by molar-refractivity contribution is 5.79. The van der Waals surface area contributed by atoms with Crippen molar-refractivity contribution in [1.29, 1.82) is 0 Å². The second-order valence-corrected chi connectivity index (χ2v) is 6.65. The van der Waals surface area contributed by atoms with Gasteiger partial charge >= 0.3 is 11.7 Å². The number of hydrogen-bond acceptors (Lipinski definition) is 7. The van der Waals surface area contributed by atoms with E-state index in [0.29, 0.717) is 0 Å². The molecule has 0 bridgehead atoms. The van der Waals surface area contributed by atoms with E-state index in [9.17, 15) is 19.5 Å². The third kappa shape index (κ3) is 4.79. The van der Waals surface area contributed by atoms with E-state index in [1.807, 2.05) is 42.5 Å². The molecule has 3 rings (SSSR count). The van der Waals surface area contributed by atoms with E-state index in [1.165, 1.54) is 18.7 Å². The first-order valence-corrected chi connectivity index (χ1v) is 9.28. The number of allylic oxidation sites excluding steroid dienone is 1. The molecule has 2 heterocycles. The molecule has 0 aliphatic carbocycles. The molecule has 1 atom stereocenters. The molecular formula is C20H22N6O5. The summed E-state index contributed by atoms with van der Waals surface area (Å²) in [5, 5.41) is 18.5. The van der Waals surface area contributed by atoms with Gasteiger partial charge in [0, 0.05) is 26.7 Å². The van der Waals surface area contributed by atoms with Crippen LogP contribution in [0.5, 0.6) is 0 Å². The Bertz CT molecular complexity index is 1270. The van der Waals surface area contributed by atoms with Crippen molar-refractivity contribution < 1.29 is 15.0 Å². The molecule has 4 N–H and O–H groups in total. The minimum atomic E-state index is -1.34. The van der Waals surface area contributed by atoms with Gasteiger partial charge in [0.25, 0.3) is 5.56 Å². The first kappa shape index (κ1) is 21.7. The first-order valence-electron chi connectivity index (χ1n) is 9.28. The Kier molecular flexibility index (Phi) is 6.48. The van der Waals surface area contributed by atoms with E-state index in [0.717, 1.165) is 22.3 Å². The number of benzene rings is 1. The lowest BCUT2D eigenvalue weighted by atomic mass is 10.2. The number of nitrogens with one attached hydrogen (secondary N) is 2. The molecule has 0 saturated heterocycles. The summed E-state index contributed by atoms with van der Waals surface area (Å²) in [4.78, 5) is 39.9. The fourth-order valence-electron chi connectivity index (χ4n) is 2.94. The fraction of sp³-hybridized carbons (Fsp3) is 0.200. The van der Waals surface area contributed by atoms with Crippen LogP contribution in [0, 0.1) is 0 Å². The second-order valence-electron chi connectivity index (χ2n) is 6.65. The molecule has 0 aliphatic rings. The van der Waals surface area contributed by atoms with Crippen LogP contribution >= 0.6 is 0 Å². The van der Waals surface area contributed by atoms with Crippen molar-refractivity contribution in [2.24, 2.45) is 14.1 Å². The Morgan fingerprint density at radius 1 is 1.19 bits per heavy atom. The zero-order valence-electron chi connectivity index (χ0n) is 16.9. The number of carboxylic acids is 1. The number of aliphatic carboxylic acids is 1. The Labute approximate surface area is 176 Å². The molecular weight excluding hydrogens is 404 g/mol. The number of carbonyl (C=O) groups is 1. The van der Waals surface area contributed by atoms with E-state index >= 15 is 0 Å². The van der Waals surface area contributed by atoms with Gasteiger partial charge < -0.3 is 10.2 Å². The number of aromatic nitrogens is 4. The van der Waals surface area contributed by atoms with Gasteiger partial charge in [-0.1, -0.05) is 42.5 Å². The fourth-order valence-corrected chi connectivity index (χ4v) is 2.94. The zero-order chi connectivity index (χ0) is 22.5. The van der Waals surface area contributed by atoms with Crippen molar-refractivity contribution in [3.8, 4) is 0 Å². The largest absolute Gasteiger partial charge is 0.478 e. The van der Waals surface area contributed by atoms with Crippen LogP contribution in [0.4, 0.5) is 5.95 Å². The van der Waals surface area contributed by atoms with Gasteiger partial charge in [-0.25, -0.2) is 15.0 Å². The number of aliphatic hydroxyl groups is 1. The van der Waals surface area contributed by atoms with Gasteiger partial charge in [-0.2, -0.15) is 4.98 Å². The van der Waals surface area contributed by atoms with Gasteiger partial charge in [-0.15, -0.1) is 0 Å². The van der Waals surface area contributed by atoms with Crippen LogP contribution in [0.25, 0.3) is 17.2 Å². The summed E-state index contributed by atoms with van der Waals surface area (Å²) in [6, 6.07) is 9.57. The maximum atomic E-state index is 12.8. The van der Waals surface area contributed by atoms with Crippen molar-refractivity contribution in [2.45, 2.75) is 12.8 Å². The number of aliphatic hydroxyl groups excluding tert-OH is 1. The molecule has 0 spiro atoms. The van der Waals surface area contributed by atoms with E-state index in [1.54, 1.807) is 4.57 Å². The summed E-state index contributed by atoms with van der Waals surface area (Å²) in [5.41, 5.74) is 5.46. The van der Waals surface area contributed by atoms with Crippen LogP contribution in [0.15, 0.2) is 58.1 Å². The maximum absolute atomic E-state index is 12.8. The standard InChI is InChI=1S/C20H22N6O5/c1-24-17-16(18(30)25(2)20(24)31)26(12-6-9-13-7-4-3-5-8-13)19(21-17)23-22-14(27)10-11-15(28)29/h3-11,14,22,27H,12H2,1-2H3,(H,21,23)(H,28,29)/b9-6-,11-10-/t14-/m1/s1. The minimum absolute atomic E-state index is 0.161. The number of anilines is 1. The molecule has 0 fully saturated rings. The molecule has 11 heteroatoms.